The normalized spacial score (nSPS) is 13.3. The Labute approximate surface area is 96.6 Å². The second kappa shape index (κ2) is 3.76. The molecule has 2 aromatic rings. The minimum atomic E-state index is -0.190. The third kappa shape index (κ3) is 1.63. The van der Waals surface area contributed by atoms with Crippen molar-refractivity contribution in [1.82, 2.24) is 5.32 Å². The predicted octanol–water partition coefficient (Wildman–Crippen LogP) is 1.68. The first-order chi connectivity index (χ1) is 7.83. The lowest BCUT2D eigenvalue weighted by Crippen LogP contribution is -2.28. The summed E-state index contributed by atoms with van der Waals surface area (Å²) in [6.45, 7) is 0.882. The minimum Gasteiger partial charge on any atom is -0.386 e. The Balaban J connectivity index is 2.14. The third-order valence-corrected chi connectivity index (χ3v) is 3.74. The summed E-state index contributed by atoms with van der Waals surface area (Å²) in [5.41, 5.74) is 1.07. The lowest BCUT2D eigenvalue weighted by Gasteiger charge is -1.96. The van der Waals surface area contributed by atoms with Crippen LogP contribution in [0.2, 0.25) is 0 Å². The average molecular weight is 231 g/mol. The van der Waals surface area contributed by atoms with Crippen LogP contribution < -0.4 is 15.1 Å². The lowest BCUT2D eigenvalue weighted by molar-refractivity contribution is 0.628. The quantitative estimate of drug-likeness (QED) is 0.787. The highest BCUT2D eigenvalue weighted by Crippen LogP contribution is 2.20. The van der Waals surface area contributed by atoms with Crippen molar-refractivity contribution in [2.45, 2.75) is 0 Å². The fraction of sp³-hybridized carbons (Fsp3) is 0.0769. The van der Waals surface area contributed by atoms with Crippen LogP contribution >= 0.6 is 11.3 Å². The van der Waals surface area contributed by atoms with Crippen molar-refractivity contribution in [2.24, 2.45) is 0 Å². The zero-order valence-corrected chi connectivity index (χ0v) is 9.35. The maximum Gasteiger partial charge on any atom is 0.123 e. The van der Waals surface area contributed by atoms with Crippen molar-refractivity contribution < 1.29 is 4.39 Å². The maximum atomic E-state index is 12.8. The van der Waals surface area contributed by atoms with E-state index in [1.807, 2.05) is 18.3 Å². The van der Waals surface area contributed by atoms with Crippen LogP contribution in [0.3, 0.4) is 0 Å². The first-order valence-corrected chi connectivity index (χ1v) is 5.94. The molecule has 1 aliphatic heterocycles. The van der Waals surface area contributed by atoms with Gasteiger partial charge in [-0.2, -0.15) is 0 Å². The second-order valence-corrected chi connectivity index (χ2v) is 4.78. The van der Waals surface area contributed by atoms with Gasteiger partial charge in [0.1, 0.15) is 5.82 Å². The van der Waals surface area contributed by atoms with E-state index in [1.165, 1.54) is 26.8 Å². The van der Waals surface area contributed by atoms with Crippen LogP contribution in [0, 0.1) is 5.82 Å². The monoisotopic (exact) mass is 231 g/mol. The predicted molar refractivity (Wildman–Crippen MR) is 65.9 cm³/mol. The van der Waals surface area contributed by atoms with E-state index in [2.05, 4.69) is 17.5 Å². The van der Waals surface area contributed by atoms with E-state index >= 15 is 0 Å². The van der Waals surface area contributed by atoms with Gasteiger partial charge >= 0.3 is 0 Å². The molecule has 3 rings (SSSR count). The smallest absolute Gasteiger partial charge is 0.123 e. The van der Waals surface area contributed by atoms with E-state index < -0.39 is 0 Å². The van der Waals surface area contributed by atoms with Crippen LogP contribution in [0.5, 0.6) is 0 Å². The summed E-state index contributed by atoms with van der Waals surface area (Å²) in [6, 6.07) is 8.80. The Morgan fingerprint density at radius 1 is 1.19 bits per heavy atom. The summed E-state index contributed by atoms with van der Waals surface area (Å²) >= 11 is 1.72. The van der Waals surface area contributed by atoms with Gasteiger partial charge in [-0.1, -0.05) is 18.2 Å². The lowest BCUT2D eigenvalue weighted by atomic mass is 10.2. The molecule has 0 saturated carbocycles. The van der Waals surface area contributed by atoms with Crippen LogP contribution in [0.25, 0.3) is 22.7 Å². The van der Waals surface area contributed by atoms with Gasteiger partial charge in [-0.15, -0.1) is 11.3 Å². The van der Waals surface area contributed by atoms with E-state index in [1.54, 1.807) is 11.3 Å². The highest BCUT2D eigenvalue weighted by molar-refractivity contribution is 7.13. The second-order valence-electron chi connectivity index (χ2n) is 3.69. The molecule has 0 fully saturated rings. The molecule has 0 amide bonds. The molecule has 1 nitrogen and oxygen atoms in total. The molecule has 80 valence electrons. The Bertz CT molecular complexity index is 591. The molecule has 0 saturated heterocycles. The zero-order valence-electron chi connectivity index (χ0n) is 8.53. The molecule has 1 N–H and O–H groups in total. The molecule has 0 spiro atoms. The van der Waals surface area contributed by atoms with E-state index in [9.17, 15) is 4.39 Å². The van der Waals surface area contributed by atoms with Gasteiger partial charge in [-0.05, 0) is 29.0 Å². The first-order valence-electron chi connectivity index (χ1n) is 5.12. The molecule has 1 aromatic heterocycles. The molecule has 0 unspecified atom stereocenters. The maximum absolute atomic E-state index is 12.8. The van der Waals surface area contributed by atoms with Gasteiger partial charge in [0.05, 0.1) is 4.53 Å². The van der Waals surface area contributed by atoms with E-state index in [-0.39, 0.29) is 5.82 Å². The highest BCUT2D eigenvalue weighted by atomic mass is 32.1. The molecule has 16 heavy (non-hydrogen) atoms. The Morgan fingerprint density at radius 3 is 2.75 bits per heavy atom. The molecule has 0 atom stereocenters. The topological polar surface area (TPSA) is 12.0 Å². The van der Waals surface area contributed by atoms with Crippen LogP contribution in [-0.4, -0.2) is 6.54 Å². The van der Waals surface area contributed by atoms with Gasteiger partial charge in [0.25, 0.3) is 0 Å². The van der Waals surface area contributed by atoms with Gasteiger partial charge in [0.2, 0.25) is 0 Å². The Morgan fingerprint density at radius 2 is 2.00 bits per heavy atom. The fourth-order valence-electron chi connectivity index (χ4n) is 1.77. The molecule has 1 aromatic carbocycles. The number of rotatable bonds is 1. The van der Waals surface area contributed by atoms with Crippen LogP contribution in [0.1, 0.15) is 0 Å². The van der Waals surface area contributed by atoms with Gasteiger partial charge < -0.3 is 5.32 Å². The zero-order chi connectivity index (χ0) is 11.0. The van der Waals surface area contributed by atoms with Crippen molar-refractivity contribution in [2.75, 3.05) is 6.54 Å². The largest absolute Gasteiger partial charge is 0.386 e. The molecule has 0 aliphatic carbocycles. The van der Waals surface area contributed by atoms with Gasteiger partial charge in [-0.3, -0.25) is 0 Å². The van der Waals surface area contributed by atoms with Crippen molar-refractivity contribution >= 4 is 23.6 Å². The van der Waals surface area contributed by atoms with Gasteiger partial charge in [0.15, 0.2) is 0 Å². The molecular formula is C13H10FNS. The summed E-state index contributed by atoms with van der Waals surface area (Å²) in [4.78, 5) is 1.18. The van der Waals surface area contributed by atoms with Crippen LogP contribution in [0.15, 0.2) is 30.3 Å². The Kier molecular flexibility index (Phi) is 2.26. The van der Waals surface area contributed by atoms with Crippen molar-refractivity contribution in [3.8, 4) is 10.4 Å². The molecule has 1 aliphatic rings. The number of fused-ring (bicyclic) bond motifs is 1. The van der Waals surface area contributed by atoms with E-state index in [0.29, 0.717) is 0 Å². The minimum absolute atomic E-state index is 0.190. The van der Waals surface area contributed by atoms with Crippen LogP contribution in [-0.2, 0) is 0 Å². The van der Waals surface area contributed by atoms with Gasteiger partial charge in [-0.25, -0.2) is 4.39 Å². The van der Waals surface area contributed by atoms with Crippen molar-refractivity contribution in [1.29, 1.82) is 0 Å². The highest BCUT2D eigenvalue weighted by Gasteiger charge is 2.03. The molecular weight excluding hydrogens is 221 g/mol. The molecule has 0 radical (unpaired) electrons. The van der Waals surface area contributed by atoms with Gasteiger partial charge in [0, 0.05) is 17.6 Å². The summed E-state index contributed by atoms with van der Waals surface area (Å²) in [5.74, 6) is -0.190. The number of hydrogen-bond donors (Lipinski definition) is 1. The summed E-state index contributed by atoms with van der Waals surface area (Å²) in [7, 11) is 0. The molecule has 0 bridgehead atoms. The number of halogens is 1. The standard InChI is InChI=1S/C13H10FNS/c14-11-3-1-9(2-4-11)12-7-10-5-6-15-8-13(10)16-12/h1-5,7-8,15H,6H2. The number of hydrogen-bond acceptors (Lipinski definition) is 2. The number of benzene rings is 1. The SMILES string of the molecule is Fc1ccc(-c2cc3c(s2)=CNCC=3)cc1. The summed E-state index contributed by atoms with van der Waals surface area (Å²) in [5, 5.41) is 4.45. The molecule has 2 heterocycles. The first kappa shape index (κ1) is 9.60. The van der Waals surface area contributed by atoms with Crippen molar-refractivity contribution in [3.63, 3.8) is 0 Å². The summed E-state index contributed by atoms with van der Waals surface area (Å²) < 4.78 is 14.1. The number of thiophene rings is 1. The third-order valence-electron chi connectivity index (χ3n) is 2.59. The molecule has 3 heteroatoms. The van der Waals surface area contributed by atoms with Crippen molar-refractivity contribution in [3.05, 3.63) is 45.9 Å². The van der Waals surface area contributed by atoms with Crippen LogP contribution in [0.4, 0.5) is 4.39 Å². The fourth-order valence-corrected chi connectivity index (χ4v) is 2.85. The summed E-state index contributed by atoms with van der Waals surface area (Å²) in [6.07, 6.45) is 4.20. The average Bonchev–Trinajstić information content (AvgIpc) is 2.73. The Hall–Kier alpha value is -1.61. The van der Waals surface area contributed by atoms with E-state index in [4.69, 9.17) is 0 Å². The van der Waals surface area contributed by atoms with E-state index in [0.717, 1.165) is 12.1 Å². The number of nitrogens with one attached hydrogen (secondary N) is 1.